The lowest BCUT2D eigenvalue weighted by atomic mass is 9.74. The molecule has 1 aromatic rings. The topological polar surface area (TPSA) is 90.4 Å². The summed E-state index contributed by atoms with van der Waals surface area (Å²) in [5, 5.41) is 10.3. The summed E-state index contributed by atoms with van der Waals surface area (Å²) in [4.78, 5) is 43.9. The Balaban J connectivity index is 1.44. The van der Waals surface area contributed by atoms with Gasteiger partial charge in [0.2, 0.25) is 0 Å². The third-order valence-corrected chi connectivity index (χ3v) is 9.04. The third-order valence-electron chi connectivity index (χ3n) is 7.42. The van der Waals surface area contributed by atoms with Crippen LogP contribution >= 0.6 is 27.3 Å². The second kappa shape index (κ2) is 9.34. The smallest absolute Gasteiger partial charge is 0.412 e. The first kappa shape index (κ1) is 26.4. The predicted octanol–water partition coefficient (Wildman–Crippen LogP) is 5.21. The number of esters is 1. The molecule has 4 heterocycles. The van der Waals surface area contributed by atoms with Gasteiger partial charge in [0.1, 0.15) is 10.6 Å². The average Bonchev–Trinajstić information content (AvgIpc) is 3.21. The maximum Gasteiger partial charge on any atom is 0.412 e. The zero-order valence-corrected chi connectivity index (χ0v) is 23.6. The van der Waals surface area contributed by atoms with Crippen LogP contribution in [0.15, 0.2) is 9.85 Å². The van der Waals surface area contributed by atoms with Gasteiger partial charge in [-0.3, -0.25) is 19.4 Å². The number of carbonyl (C=O) groups is 3. The summed E-state index contributed by atoms with van der Waals surface area (Å²) in [6.07, 6.45) is 3.22. The van der Waals surface area contributed by atoms with E-state index >= 15 is 0 Å². The van der Waals surface area contributed by atoms with Gasteiger partial charge in [-0.2, -0.15) is 0 Å². The van der Waals surface area contributed by atoms with E-state index in [0.29, 0.717) is 29.7 Å². The highest BCUT2D eigenvalue weighted by molar-refractivity contribution is 9.11. The Bertz CT molecular complexity index is 1010. The Morgan fingerprint density at radius 3 is 2.43 bits per heavy atom. The SMILES string of the molecule is CC1(C)CC2(CCCN(C3CCN(C(=O)c4cc(Br)sc4N(C(=O)O)C(C)(C)C)CC3)C2)C(=O)O1. The second-order valence-corrected chi connectivity index (χ2v) is 14.2. The van der Waals surface area contributed by atoms with Gasteiger partial charge in [-0.05, 0) is 88.8 Å². The molecule has 3 aliphatic heterocycles. The first-order chi connectivity index (χ1) is 16.2. The predicted molar refractivity (Wildman–Crippen MR) is 139 cm³/mol. The number of ether oxygens (including phenoxy) is 1. The van der Waals surface area contributed by atoms with Gasteiger partial charge < -0.3 is 14.7 Å². The van der Waals surface area contributed by atoms with Crippen LogP contribution in [0, 0.1) is 5.41 Å². The molecule has 0 radical (unpaired) electrons. The lowest BCUT2D eigenvalue weighted by Crippen LogP contribution is -2.53. The molecular weight excluding hydrogens is 534 g/mol. The van der Waals surface area contributed by atoms with Crippen LogP contribution in [-0.4, -0.2) is 76.2 Å². The molecule has 194 valence electrons. The number of rotatable bonds is 3. The lowest BCUT2D eigenvalue weighted by Gasteiger charge is -2.45. The highest BCUT2D eigenvalue weighted by Gasteiger charge is 2.54. The maximum atomic E-state index is 13.5. The molecule has 0 saturated carbocycles. The van der Waals surface area contributed by atoms with E-state index < -0.39 is 22.6 Å². The van der Waals surface area contributed by atoms with Crippen molar-refractivity contribution >= 4 is 50.2 Å². The molecule has 1 N–H and O–H groups in total. The third kappa shape index (κ3) is 5.25. The minimum absolute atomic E-state index is 0.0581. The molecule has 0 bridgehead atoms. The van der Waals surface area contributed by atoms with Gasteiger partial charge in [0.05, 0.1) is 14.8 Å². The van der Waals surface area contributed by atoms with Crippen molar-refractivity contribution in [2.45, 2.75) is 83.9 Å². The summed E-state index contributed by atoms with van der Waals surface area (Å²) >= 11 is 4.71. The summed E-state index contributed by atoms with van der Waals surface area (Å²) in [6.45, 7) is 12.4. The molecule has 0 aliphatic carbocycles. The van der Waals surface area contributed by atoms with Gasteiger partial charge in [-0.15, -0.1) is 11.3 Å². The molecule has 1 aromatic heterocycles. The summed E-state index contributed by atoms with van der Waals surface area (Å²) in [7, 11) is 0. The Kier molecular flexibility index (Phi) is 7.05. The van der Waals surface area contributed by atoms with Crippen molar-refractivity contribution in [1.82, 2.24) is 9.80 Å². The molecule has 35 heavy (non-hydrogen) atoms. The van der Waals surface area contributed by atoms with Gasteiger partial charge in [0.15, 0.2) is 0 Å². The van der Waals surface area contributed by atoms with Gasteiger partial charge in [0.25, 0.3) is 5.91 Å². The number of hydrogen-bond donors (Lipinski definition) is 1. The number of thiophene rings is 1. The van der Waals surface area contributed by atoms with Crippen molar-refractivity contribution in [3.05, 3.63) is 15.4 Å². The highest BCUT2D eigenvalue weighted by Crippen LogP contribution is 2.47. The molecule has 2 amide bonds. The van der Waals surface area contributed by atoms with Crippen molar-refractivity contribution in [2.24, 2.45) is 5.41 Å². The fourth-order valence-corrected chi connectivity index (χ4v) is 7.78. The number of nitrogens with zero attached hydrogens (tertiary/aromatic N) is 3. The second-order valence-electron chi connectivity index (χ2n) is 11.8. The number of piperidine rings is 2. The van der Waals surface area contributed by atoms with Gasteiger partial charge in [0, 0.05) is 37.6 Å². The zero-order valence-electron chi connectivity index (χ0n) is 21.2. The molecule has 8 nitrogen and oxygen atoms in total. The van der Waals surface area contributed by atoms with E-state index in [1.807, 2.05) is 39.5 Å². The monoisotopic (exact) mass is 569 g/mol. The number of hydrogen-bond acceptors (Lipinski definition) is 6. The molecule has 1 unspecified atom stereocenters. The van der Waals surface area contributed by atoms with Crippen LogP contribution in [0.25, 0.3) is 0 Å². The average molecular weight is 571 g/mol. The largest absolute Gasteiger partial charge is 0.465 e. The van der Waals surface area contributed by atoms with E-state index in [4.69, 9.17) is 4.74 Å². The molecule has 4 rings (SSSR count). The summed E-state index contributed by atoms with van der Waals surface area (Å²) in [5.41, 5.74) is -1.07. The maximum absolute atomic E-state index is 13.5. The van der Waals surface area contributed by atoms with Gasteiger partial charge in [-0.1, -0.05) is 0 Å². The number of anilines is 1. The van der Waals surface area contributed by atoms with Gasteiger partial charge in [-0.25, -0.2) is 4.79 Å². The highest BCUT2D eigenvalue weighted by atomic mass is 79.9. The number of halogens is 1. The number of amides is 2. The van der Waals surface area contributed by atoms with Crippen LogP contribution in [-0.2, 0) is 9.53 Å². The molecule has 3 aliphatic rings. The Morgan fingerprint density at radius 2 is 1.89 bits per heavy atom. The summed E-state index contributed by atoms with van der Waals surface area (Å²) in [5.74, 6) is -0.190. The van der Waals surface area contributed by atoms with E-state index in [0.717, 1.165) is 49.0 Å². The number of likely N-dealkylation sites (tertiary alicyclic amines) is 2. The van der Waals surface area contributed by atoms with Gasteiger partial charge >= 0.3 is 12.1 Å². The first-order valence-corrected chi connectivity index (χ1v) is 13.9. The van der Waals surface area contributed by atoms with E-state index in [1.54, 1.807) is 6.07 Å². The quantitative estimate of drug-likeness (QED) is 0.503. The lowest BCUT2D eigenvalue weighted by molar-refractivity contribution is -0.154. The van der Waals surface area contributed by atoms with Crippen molar-refractivity contribution < 1.29 is 24.2 Å². The van der Waals surface area contributed by atoms with Crippen molar-refractivity contribution in [3.63, 3.8) is 0 Å². The summed E-state index contributed by atoms with van der Waals surface area (Å²) < 4.78 is 6.41. The standard InChI is InChI=1S/C25H36BrN3O5S/c1-23(2,3)29(22(32)33)20-17(13-18(26)35-20)19(30)27-11-7-16(8-12-27)28-10-6-9-25(15-28)14-24(4,5)34-21(25)31/h13,16H,6-12,14-15H2,1-5H3,(H,32,33). The fraction of sp³-hybridized carbons (Fsp3) is 0.720. The molecule has 10 heteroatoms. The van der Waals surface area contributed by atoms with Crippen LogP contribution < -0.4 is 4.90 Å². The van der Waals surface area contributed by atoms with E-state index in [1.165, 1.54) is 16.2 Å². The van der Waals surface area contributed by atoms with Crippen molar-refractivity contribution in [1.29, 1.82) is 0 Å². The normalized spacial score (nSPS) is 25.7. The molecule has 3 fully saturated rings. The fourth-order valence-electron chi connectivity index (χ4n) is 6.03. The van der Waals surface area contributed by atoms with E-state index in [9.17, 15) is 19.5 Å². The molecule has 1 spiro atoms. The Morgan fingerprint density at radius 1 is 1.23 bits per heavy atom. The summed E-state index contributed by atoms with van der Waals surface area (Å²) in [6, 6.07) is 2.06. The molecule has 1 atom stereocenters. The number of carbonyl (C=O) groups excluding carboxylic acids is 2. The molecule has 0 aromatic carbocycles. The number of carboxylic acid groups (broad SMARTS) is 1. The Labute approximate surface area is 219 Å². The van der Waals surface area contributed by atoms with Crippen LogP contribution in [0.2, 0.25) is 0 Å². The van der Waals surface area contributed by atoms with Crippen LogP contribution in [0.3, 0.4) is 0 Å². The van der Waals surface area contributed by atoms with Crippen molar-refractivity contribution in [2.75, 3.05) is 31.1 Å². The van der Waals surface area contributed by atoms with Crippen LogP contribution in [0.5, 0.6) is 0 Å². The van der Waals surface area contributed by atoms with E-state index in [2.05, 4.69) is 20.8 Å². The Hall–Kier alpha value is -1.65. The molecule has 3 saturated heterocycles. The van der Waals surface area contributed by atoms with Crippen LogP contribution in [0.1, 0.15) is 77.1 Å². The van der Waals surface area contributed by atoms with Crippen molar-refractivity contribution in [3.8, 4) is 0 Å². The number of cyclic esters (lactones) is 1. The van der Waals surface area contributed by atoms with E-state index in [-0.39, 0.29) is 11.9 Å². The minimum Gasteiger partial charge on any atom is -0.465 e. The first-order valence-electron chi connectivity index (χ1n) is 12.3. The zero-order chi connectivity index (χ0) is 25.8. The molecular formula is C25H36BrN3O5S. The van der Waals surface area contributed by atoms with Crippen LogP contribution in [0.4, 0.5) is 9.80 Å². The minimum atomic E-state index is -1.08.